The van der Waals surface area contributed by atoms with Gasteiger partial charge < -0.3 is 4.74 Å². The lowest BCUT2D eigenvalue weighted by Crippen LogP contribution is -2.41. The van der Waals surface area contributed by atoms with Crippen LogP contribution in [0.15, 0.2) is 23.9 Å². The van der Waals surface area contributed by atoms with Gasteiger partial charge in [-0.3, -0.25) is 25.0 Å². The van der Waals surface area contributed by atoms with Crippen LogP contribution in [-0.4, -0.2) is 28.0 Å². The van der Waals surface area contributed by atoms with E-state index < -0.39 is 34.2 Å². The highest BCUT2D eigenvalue weighted by atomic mass is 16.6. The summed E-state index contributed by atoms with van der Waals surface area (Å²) >= 11 is 0. The SMILES string of the molecule is CCOC(=O)CC1([N+](=O)[O-])C=CC=C([N+](=O)[O-])C1. The molecular weight excluding hydrogens is 244 g/mol. The van der Waals surface area contributed by atoms with E-state index in [4.69, 9.17) is 0 Å². The molecule has 1 atom stereocenters. The van der Waals surface area contributed by atoms with E-state index in [9.17, 15) is 25.0 Å². The number of carbonyl (C=O) groups is 1. The Balaban J connectivity index is 2.94. The van der Waals surface area contributed by atoms with E-state index in [0.717, 1.165) is 0 Å². The van der Waals surface area contributed by atoms with Crippen molar-refractivity contribution in [1.29, 1.82) is 0 Å². The fourth-order valence-electron chi connectivity index (χ4n) is 1.67. The molecule has 8 nitrogen and oxygen atoms in total. The van der Waals surface area contributed by atoms with Gasteiger partial charge in [-0.25, -0.2) is 0 Å². The van der Waals surface area contributed by atoms with Crippen molar-refractivity contribution in [1.82, 2.24) is 0 Å². The molecule has 0 saturated carbocycles. The Kier molecular flexibility index (Phi) is 4.13. The molecule has 18 heavy (non-hydrogen) atoms. The van der Waals surface area contributed by atoms with E-state index in [-0.39, 0.29) is 12.3 Å². The predicted octanol–water partition coefficient (Wildman–Crippen LogP) is 1.08. The van der Waals surface area contributed by atoms with E-state index >= 15 is 0 Å². The van der Waals surface area contributed by atoms with Gasteiger partial charge in [0.25, 0.3) is 11.2 Å². The lowest BCUT2D eigenvalue weighted by molar-refractivity contribution is -0.560. The van der Waals surface area contributed by atoms with Crippen molar-refractivity contribution < 1.29 is 19.4 Å². The summed E-state index contributed by atoms with van der Waals surface area (Å²) in [6, 6.07) is 0. The van der Waals surface area contributed by atoms with E-state index in [2.05, 4.69) is 4.74 Å². The Labute approximate surface area is 102 Å². The number of rotatable bonds is 5. The summed E-state index contributed by atoms with van der Waals surface area (Å²) in [6.45, 7) is 1.68. The molecule has 98 valence electrons. The molecule has 0 bridgehead atoms. The fraction of sp³-hybridized carbons (Fsp3) is 0.500. The minimum absolute atomic E-state index is 0.105. The molecular formula is C10H12N2O6. The van der Waals surface area contributed by atoms with Gasteiger partial charge in [-0.1, -0.05) is 6.08 Å². The first-order valence-corrected chi connectivity index (χ1v) is 5.24. The lowest BCUT2D eigenvalue weighted by Gasteiger charge is -2.21. The summed E-state index contributed by atoms with van der Waals surface area (Å²) in [5, 5.41) is 21.7. The highest BCUT2D eigenvalue weighted by Crippen LogP contribution is 2.30. The highest BCUT2D eigenvalue weighted by Gasteiger charge is 2.47. The van der Waals surface area contributed by atoms with Crippen LogP contribution in [0, 0.1) is 20.2 Å². The number of hydrogen-bond donors (Lipinski definition) is 0. The number of allylic oxidation sites excluding steroid dienone is 2. The van der Waals surface area contributed by atoms with Crippen LogP contribution >= 0.6 is 0 Å². The molecule has 0 heterocycles. The van der Waals surface area contributed by atoms with Gasteiger partial charge in [-0.05, 0) is 13.0 Å². The number of carbonyl (C=O) groups excluding carboxylic acids is 1. The quantitative estimate of drug-likeness (QED) is 0.413. The van der Waals surface area contributed by atoms with Gasteiger partial charge in [0.15, 0.2) is 0 Å². The standard InChI is InChI=1S/C10H12N2O6/c1-2-18-9(13)7-10(12(16)17)5-3-4-8(6-10)11(14)15/h3-5H,2,6-7H2,1H3. The van der Waals surface area contributed by atoms with Crippen molar-refractivity contribution in [2.75, 3.05) is 6.61 Å². The fourth-order valence-corrected chi connectivity index (χ4v) is 1.67. The van der Waals surface area contributed by atoms with Crippen LogP contribution in [0.3, 0.4) is 0 Å². The molecule has 0 saturated heterocycles. The van der Waals surface area contributed by atoms with Crippen LogP contribution in [0.2, 0.25) is 0 Å². The molecule has 1 aliphatic rings. The zero-order valence-electron chi connectivity index (χ0n) is 9.70. The number of nitrogens with zero attached hydrogens (tertiary/aromatic N) is 2. The predicted molar refractivity (Wildman–Crippen MR) is 59.8 cm³/mol. The minimum Gasteiger partial charge on any atom is -0.466 e. The molecule has 1 unspecified atom stereocenters. The van der Waals surface area contributed by atoms with Gasteiger partial charge in [0.1, 0.15) is 12.8 Å². The van der Waals surface area contributed by atoms with E-state index in [1.807, 2.05) is 0 Å². The summed E-state index contributed by atoms with van der Waals surface area (Å²) in [4.78, 5) is 31.7. The van der Waals surface area contributed by atoms with Gasteiger partial charge in [0.05, 0.1) is 11.5 Å². The summed E-state index contributed by atoms with van der Waals surface area (Å²) in [5.41, 5.74) is -2.08. The van der Waals surface area contributed by atoms with E-state index in [1.165, 1.54) is 18.2 Å². The maximum absolute atomic E-state index is 11.3. The first kappa shape index (κ1) is 13.8. The van der Waals surface area contributed by atoms with Gasteiger partial charge in [-0.2, -0.15) is 0 Å². The summed E-state index contributed by atoms with van der Waals surface area (Å²) < 4.78 is 4.65. The third kappa shape index (κ3) is 2.90. The first-order chi connectivity index (χ1) is 8.41. The Hall–Kier alpha value is -2.25. The Morgan fingerprint density at radius 2 is 2.17 bits per heavy atom. The van der Waals surface area contributed by atoms with Crippen molar-refractivity contribution in [2.45, 2.75) is 25.3 Å². The molecule has 0 spiro atoms. The molecule has 0 fully saturated rings. The molecule has 0 aromatic carbocycles. The van der Waals surface area contributed by atoms with Crippen LogP contribution in [0.25, 0.3) is 0 Å². The van der Waals surface area contributed by atoms with Crippen molar-refractivity contribution in [3.63, 3.8) is 0 Å². The van der Waals surface area contributed by atoms with E-state index in [1.54, 1.807) is 6.92 Å². The van der Waals surface area contributed by atoms with Crippen molar-refractivity contribution in [2.24, 2.45) is 0 Å². The molecule has 1 aliphatic carbocycles. The average molecular weight is 256 g/mol. The maximum Gasteiger partial charge on any atom is 0.313 e. The van der Waals surface area contributed by atoms with Gasteiger partial charge in [-0.15, -0.1) is 0 Å². The number of ether oxygens (including phenoxy) is 1. The molecule has 8 heteroatoms. The zero-order chi connectivity index (χ0) is 13.8. The molecule has 0 N–H and O–H groups in total. The minimum atomic E-state index is -1.79. The molecule has 0 aromatic heterocycles. The summed E-state index contributed by atoms with van der Waals surface area (Å²) in [5.74, 6) is -0.747. The van der Waals surface area contributed by atoms with Crippen molar-refractivity contribution in [3.8, 4) is 0 Å². The van der Waals surface area contributed by atoms with Crippen LogP contribution in [0.4, 0.5) is 0 Å². The first-order valence-electron chi connectivity index (χ1n) is 5.24. The number of nitro groups is 2. The lowest BCUT2D eigenvalue weighted by atomic mass is 9.87. The van der Waals surface area contributed by atoms with Gasteiger partial charge in [0.2, 0.25) is 0 Å². The summed E-state index contributed by atoms with van der Waals surface area (Å²) in [6.07, 6.45) is 2.66. The molecule has 0 aliphatic heterocycles. The van der Waals surface area contributed by atoms with Crippen LogP contribution in [0.5, 0.6) is 0 Å². The smallest absolute Gasteiger partial charge is 0.313 e. The van der Waals surface area contributed by atoms with Crippen LogP contribution < -0.4 is 0 Å². The third-order valence-electron chi connectivity index (χ3n) is 2.54. The van der Waals surface area contributed by atoms with Crippen molar-refractivity contribution >= 4 is 5.97 Å². The number of hydrogen-bond acceptors (Lipinski definition) is 6. The molecule has 0 aromatic rings. The number of esters is 1. The van der Waals surface area contributed by atoms with Crippen LogP contribution in [0.1, 0.15) is 19.8 Å². The topological polar surface area (TPSA) is 113 Å². The van der Waals surface area contributed by atoms with Gasteiger partial charge in [0, 0.05) is 11.0 Å². The van der Waals surface area contributed by atoms with Gasteiger partial charge >= 0.3 is 5.97 Å². The third-order valence-corrected chi connectivity index (χ3v) is 2.54. The normalized spacial score (nSPS) is 22.2. The molecule has 0 amide bonds. The Morgan fingerprint density at radius 1 is 1.50 bits per heavy atom. The Morgan fingerprint density at radius 3 is 2.67 bits per heavy atom. The largest absolute Gasteiger partial charge is 0.466 e. The second kappa shape index (κ2) is 5.39. The monoisotopic (exact) mass is 256 g/mol. The second-order valence-electron chi connectivity index (χ2n) is 3.79. The van der Waals surface area contributed by atoms with Crippen LogP contribution in [-0.2, 0) is 9.53 Å². The average Bonchev–Trinajstić information content (AvgIpc) is 2.29. The van der Waals surface area contributed by atoms with E-state index in [0.29, 0.717) is 0 Å². The maximum atomic E-state index is 11.3. The van der Waals surface area contributed by atoms with Crippen molar-refractivity contribution in [3.05, 3.63) is 44.2 Å². The second-order valence-corrected chi connectivity index (χ2v) is 3.79. The summed E-state index contributed by atoms with van der Waals surface area (Å²) in [7, 11) is 0. The zero-order valence-corrected chi connectivity index (χ0v) is 9.70. The molecule has 1 rings (SSSR count). The molecule has 0 radical (unpaired) electrons. The highest BCUT2D eigenvalue weighted by molar-refractivity contribution is 5.71. The Bertz CT molecular complexity index is 442.